The van der Waals surface area contributed by atoms with Crippen LogP contribution in [0, 0.1) is 13.8 Å². The average Bonchev–Trinajstić information content (AvgIpc) is 2.77. The number of carbonyl (C=O) groups excluding carboxylic acids is 3. The third-order valence-corrected chi connectivity index (χ3v) is 4.80. The summed E-state index contributed by atoms with van der Waals surface area (Å²) in [4.78, 5) is 36.1. The van der Waals surface area contributed by atoms with Gasteiger partial charge in [-0.15, -0.1) is 0 Å². The molecule has 2 rings (SSSR count). The van der Waals surface area contributed by atoms with E-state index in [0.29, 0.717) is 30.0 Å². The zero-order chi connectivity index (χ0) is 22.8. The summed E-state index contributed by atoms with van der Waals surface area (Å²) >= 11 is 0. The minimum Gasteiger partial charge on any atom is -0.493 e. The SMILES string of the molecule is COc1ccc(CCNC(=O)COC(=O)CCC(=O)c2cc(C)ccc2C)cc1OC. The Morgan fingerprint density at radius 3 is 2.35 bits per heavy atom. The quantitative estimate of drug-likeness (QED) is 0.438. The Balaban J connectivity index is 1.69. The van der Waals surface area contributed by atoms with Gasteiger partial charge in [0.15, 0.2) is 23.9 Å². The molecule has 0 fully saturated rings. The number of benzene rings is 2. The van der Waals surface area contributed by atoms with E-state index in [4.69, 9.17) is 14.2 Å². The van der Waals surface area contributed by atoms with Crippen molar-refractivity contribution >= 4 is 17.7 Å². The van der Waals surface area contributed by atoms with Crippen molar-refractivity contribution in [2.75, 3.05) is 27.4 Å². The minimum atomic E-state index is -0.575. The first-order valence-electron chi connectivity index (χ1n) is 10.1. The van der Waals surface area contributed by atoms with Gasteiger partial charge < -0.3 is 19.5 Å². The van der Waals surface area contributed by atoms with Crippen molar-refractivity contribution in [2.45, 2.75) is 33.1 Å². The van der Waals surface area contributed by atoms with Gasteiger partial charge in [-0.2, -0.15) is 0 Å². The third kappa shape index (κ3) is 7.44. The summed E-state index contributed by atoms with van der Waals surface area (Å²) in [7, 11) is 3.13. The Labute approximate surface area is 182 Å². The summed E-state index contributed by atoms with van der Waals surface area (Å²) in [6.07, 6.45) is 0.569. The van der Waals surface area contributed by atoms with Gasteiger partial charge in [0.25, 0.3) is 5.91 Å². The first-order valence-corrected chi connectivity index (χ1v) is 10.1. The van der Waals surface area contributed by atoms with Crippen LogP contribution in [0.4, 0.5) is 0 Å². The van der Waals surface area contributed by atoms with Gasteiger partial charge in [-0.05, 0) is 49.6 Å². The zero-order valence-electron chi connectivity index (χ0n) is 18.4. The van der Waals surface area contributed by atoms with Gasteiger partial charge in [-0.1, -0.05) is 23.8 Å². The normalized spacial score (nSPS) is 10.3. The van der Waals surface area contributed by atoms with Crippen molar-refractivity contribution < 1.29 is 28.6 Å². The van der Waals surface area contributed by atoms with E-state index in [1.54, 1.807) is 20.3 Å². The summed E-state index contributed by atoms with van der Waals surface area (Å²) < 4.78 is 15.4. The first kappa shape index (κ1) is 23.9. The fourth-order valence-corrected chi connectivity index (χ4v) is 3.04. The summed E-state index contributed by atoms with van der Waals surface area (Å²) in [6, 6.07) is 11.2. The molecule has 0 spiro atoms. The molecule has 7 heteroatoms. The number of rotatable bonds is 11. The number of ether oxygens (including phenoxy) is 3. The molecule has 2 aromatic rings. The lowest BCUT2D eigenvalue weighted by molar-refractivity contribution is -0.148. The first-order chi connectivity index (χ1) is 14.8. The molecule has 0 aliphatic rings. The van der Waals surface area contributed by atoms with Crippen LogP contribution in [-0.2, 0) is 20.7 Å². The van der Waals surface area contributed by atoms with E-state index < -0.39 is 11.9 Å². The van der Waals surface area contributed by atoms with E-state index in [0.717, 1.165) is 16.7 Å². The maximum atomic E-state index is 12.3. The Morgan fingerprint density at radius 2 is 1.65 bits per heavy atom. The predicted octanol–water partition coefficient (Wildman–Crippen LogP) is 3.19. The summed E-state index contributed by atoms with van der Waals surface area (Å²) in [5.74, 6) is 0.176. The number of methoxy groups -OCH3 is 2. The van der Waals surface area contributed by atoms with Gasteiger partial charge in [0, 0.05) is 18.5 Å². The lowest BCUT2D eigenvalue weighted by Gasteiger charge is -2.10. The summed E-state index contributed by atoms with van der Waals surface area (Å²) in [5, 5.41) is 2.70. The molecule has 7 nitrogen and oxygen atoms in total. The van der Waals surface area contributed by atoms with Gasteiger partial charge in [0.05, 0.1) is 20.6 Å². The molecule has 0 aliphatic heterocycles. The minimum absolute atomic E-state index is 0.0457. The van der Waals surface area contributed by atoms with E-state index in [-0.39, 0.29) is 25.2 Å². The van der Waals surface area contributed by atoms with E-state index in [9.17, 15) is 14.4 Å². The highest BCUT2D eigenvalue weighted by Gasteiger charge is 2.14. The standard InChI is InChI=1S/C24H29NO6/c1-16-5-6-17(2)19(13-16)20(26)8-10-24(28)31-15-23(27)25-12-11-18-7-9-21(29-3)22(14-18)30-4/h5-7,9,13-14H,8,10-12,15H2,1-4H3,(H,25,27). The number of carbonyl (C=O) groups is 3. The number of hydrogen-bond acceptors (Lipinski definition) is 6. The topological polar surface area (TPSA) is 90.9 Å². The maximum Gasteiger partial charge on any atom is 0.306 e. The number of nitrogens with one attached hydrogen (secondary N) is 1. The average molecular weight is 427 g/mol. The molecule has 1 N–H and O–H groups in total. The van der Waals surface area contributed by atoms with Crippen molar-refractivity contribution in [3.63, 3.8) is 0 Å². The molecular formula is C24H29NO6. The van der Waals surface area contributed by atoms with E-state index in [1.165, 1.54) is 0 Å². The second kappa shape index (κ2) is 11.7. The van der Waals surface area contributed by atoms with Crippen LogP contribution in [0.2, 0.25) is 0 Å². The molecule has 0 radical (unpaired) electrons. The molecular weight excluding hydrogens is 398 g/mol. The molecule has 0 aliphatic carbocycles. The zero-order valence-corrected chi connectivity index (χ0v) is 18.4. The van der Waals surface area contributed by atoms with Gasteiger partial charge in [-0.25, -0.2) is 0 Å². The van der Waals surface area contributed by atoms with Gasteiger partial charge in [0.2, 0.25) is 0 Å². The fourth-order valence-electron chi connectivity index (χ4n) is 3.04. The van der Waals surface area contributed by atoms with Crippen molar-refractivity contribution in [3.8, 4) is 11.5 Å². The number of amides is 1. The lowest BCUT2D eigenvalue weighted by Crippen LogP contribution is -2.30. The monoisotopic (exact) mass is 427 g/mol. The van der Waals surface area contributed by atoms with Gasteiger partial charge in [0.1, 0.15) is 0 Å². The molecule has 166 valence electrons. The van der Waals surface area contributed by atoms with Crippen LogP contribution in [0.15, 0.2) is 36.4 Å². The molecule has 0 aromatic heterocycles. The highest BCUT2D eigenvalue weighted by molar-refractivity contribution is 5.99. The molecule has 1 amide bonds. The van der Waals surface area contributed by atoms with E-state index >= 15 is 0 Å². The largest absolute Gasteiger partial charge is 0.493 e. The van der Waals surface area contributed by atoms with Crippen molar-refractivity contribution in [3.05, 3.63) is 58.7 Å². The van der Waals surface area contributed by atoms with Crippen LogP contribution in [0.5, 0.6) is 11.5 Å². The Hall–Kier alpha value is -3.35. The second-order valence-corrected chi connectivity index (χ2v) is 7.19. The van der Waals surface area contributed by atoms with Crippen molar-refractivity contribution in [2.24, 2.45) is 0 Å². The van der Waals surface area contributed by atoms with Crippen molar-refractivity contribution in [1.82, 2.24) is 5.32 Å². The molecule has 0 heterocycles. The van der Waals surface area contributed by atoms with Crippen LogP contribution in [0.1, 0.15) is 39.9 Å². The highest BCUT2D eigenvalue weighted by Crippen LogP contribution is 2.27. The molecule has 0 saturated heterocycles. The molecule has 0 unspecified atom stereocenters. The summed E-state index contributed by atoms with van der Waals surface area (Å²) in [5.41, 5.74) is 3.44. The maximum absolute atomic E-state index is 12.3. The highest BCUT2D eigenvalue weighted by atomic mass is 16.5. The predicted molar refractivity (Wildman–Crippen MR) is 117 cm³/mol. The van der Waals surface area contributed by atoms with E-state index in [2.05, 4.69) is 5.32 Å². The second-order valence-electron chi connectivity index (χ2n) is 7.19. The molecule has 0 bridgehead atoms. The van der Waals surface area contributed by atoms with Gasteiger partial charge in [-0.3, -0.25) is 14.4 Å². The Morgan fingerprint density at radius 1 is 0.903 bits per heavy atom. The number of esters is 1. The number of hydrogen-bond donors (Lipinski definition) is 1. The van der Waals surface area contributed by atoms with Crippen molar-refractivity contribution in [1.29, 1.82) is 0 Å². The number of aryl methyl sites for hydroxylation is 2. The van der Waals surface area contributed by atoms with Crippen LogP contribution < -0.4 is 14.8 Å². The molecule has 31 heavy (non-hydrogen) atoms. The lowest BCUT2D eigenvalue weighted by atomic mass is 9.99. The fraction of sp³-hybridized carbons (Fsp3) is 0.375. The van der Waals surface area contributed by atoms with Crippen LogP contribution in [0.25, 0.3) is 0 Å². The molecule has 0 saturated carbocycles. The Bertz CT molecular complexity index is 938. The molecule has 2 aromatic carbocycles. The smallest absolute Gasteiger partial charge is 0.306 e. The third-order valence-electron chi connectivity index (χ3n) is 4.80. The number of ketones is 1. The van der Waals surface area contributed by atoms with Crippen LogP contribution in [0.3, 0.4) is 0 Å². The Kier molecular flexibility index (Phi) is 9.06. The molecule has 0 atom stereocenters. The number of Topliss-reactive ketones (excluding diaryl/α,β-unsaturated/α-hetero) is 1. The van der Waals surface area contributed by atoms with E-state index in [1.807, 2.05) is 44.2 Å². The van der Waals surface area contributed by atoms with Crippen LogP contribution >= 0.6 is 0 Å². The summed E-state index contributed by atoms with van der Waals surface area (Å²) in [6.45, 7) is 3.78. The van der Waals surface area contributed by atoms with Crippen LogP contribution in [-0.4, -0.2) is 45.0 Å². The van der Waals surface area contributed by atoms with Gasteiger partial charge >= 0.3 is 5.97 Å².